The highest BCUT2D eigenvalue weighted by Gasteiger charge is 2.15. The van der Waals surface area contributed by atoms with Gasteiger partial charge in [-0.1, -0.05) is 0 Å². The molecule has 150 valence electrons. The van der Waals surface area contributed by atoms with Crippen molar-refractivity contribution in [1.82, 2.24) is 15.5 Å². The van der Waals surface area contributed by atoms with E-state index >= 15 is 0 Å². The fourth-order valence-electron chi connectivity index (χ4n) is 2.44. The first kappa shape index (κ1) is 24.9. The van der Waals surface area contributed by atoms with Gasteiger partial charge < -0.3 is 25.0 Å². The van der Waals surface area contributed by atoms with E-state index in [2.05, 4.69) is 48.3 Å². The first-order valence-electron chi connectivity index (χ1n) is 9.55. The summed E-state index contributed by atoms with van der Waals surface area (Å²) in [4.78, 5) is 6.99. The summed E-state index contributed by atoms with van der Waals surface area (Å²) in [6, 6.07) is 0.620. The van der Waals surface area contributed by atoms with Crippen molar-refractivity contribution in [3.63, 3.8) is 0 Å². The largest absolute Gasteiger partial charge is 0.379 e. The van der Waals surface area contributed by atoms with Crippen LogP contribution in [0.4, 0.5) is 0 Å². The Morgan fingerprint density at radius 2 is 2.08 bits per heavy atom. The number of hydrogen-bond donors (Lipinski definition) is 2. The highest BCUT2D eigenvalue weighted by Crippen LogP contribution is 2.08. The summed E-state index contributed by atoms with van der Waals surface area (Å²) in [5.74, 6) is 0.916. The predicted molar refractivity (Wildman–Crippen MR) is 116 cm³/mol. The first-order valence-corrected chi connectivity index (χ1v) is 9.55. The SMILES string of the molecule is CCNC(=NCCCOC1CCOC1)NCCCCN(C)C(C)C.I. The van der Waals surface area contributed by atoms with E-state index in [1.807, 2.05) is 0 Å². The van der Waals surface area contributed by atoms with E-state index in [4.69, 9.17) is 9.47 Å². The summed E-state index contributed by atoms with van der Waals surface area (Å²) in [6.45, 7) is 12.7. The van der Waals surface area contributed by atoms with Crippen molar-refractivity contribution in [3.8, 4) is 0 Å². The third-order valence-electron chi connectivity index (χ3n) is 4.27. The molecule has 2 N–H and O–H groups in total. The Bertz CT molecular complexity index is 337. The van der Waals surface area contributed by atoms with Crippen LogP contribution in [0, 0.1) is 0 Å². The van der Waals surface area contributed by atoms with E-state index in [1.54, 1.807) is 0 Å². The smallest absolute Gasteiger partial charge is 0.191 e. The van der Waals surface area contributed by atoms with Crippen molar-refractivity contribution in [2.45, 2.75) is 58.6 Å². The monoisotopic (exact) mass is 470 g/mol. The maximum atomic E-state index is 5.76. The minimum Gasteiger partial charge on any atom is -0.379 e. The second kappa shape index (κ2) is 16.1. The molecule has 0 aromatic rings. The molecule has 0 saturated carbocycles. The fraction of sp³-hybridized carbons (Fsp3) is 0.944. The van der Waals surface area contributed by atoms with Gasteiger partial charge in [0.1, 0.15) is 0 Å². The lowest BCUT2D eigenvalue weighted by molar-refractivity contribution is 0.0424. The van der Waals surface area contributed by atoms with E-state index in [0.717, 1.165) is 71.2 Å². The molecule has 0 spiro atoms. The van der Waals surface area contributed by atoms with Gasteiger partial charge in [0.05, 0.1) is 12.7 Å². The van der Waals surface area contributed by atoms with E-state index in [0.29, 0.717) is 12.1 Å². The zero-order valence-electron chi connectivity index (χ0n) is 16.6. The van der Waals surface area contributed by atoms with E-state index in [1.165, 1.54) is 6.42 Å². The lowest BCUT2D eigenvalue weighted by atomic mass is 10.2. The van der Waals surface area contributed by atoms with Gasteiger partial charge in [-0.2, -0.15) is 0 Å². The van der Waals surface area contributed by atoms with Gasteiger partial charge in [0.25, 0.3) is 0 Å². The minimum atomic E-state index is 0. The summed E-state index contributed by atoms with van der Waals surface area (Å²) in [5.41, 5.74) is 0. The zero-order valence-corrected chi connectivity index (χ0v) is 18.9. The molecule has 0 aliphatic carbocycles. The lowest BCUT2D eigenvalue weighted by Gasteiger charge is -2.20. The van der Waals surface area contributed by atoms with Gasteiger partial charge in [0.15, 0.2) is 5.96 Å². The molecule has 0 radical (unpaired) electrons. The molecule has 7 heteroatoms. The Kier molecular flexibility index (Phi) is 16.0. The van der Waals surface area contributed by atoms with Crippen LogP contribution in [0.1, 0.15) is 46.5 Å². The van der Waals surface area contributed by atoms with Crippen LogP contribution in [0.5, 0.6) is 0 Å². The van der Waals surface area contributed by atoms with Crippen LogP contribution < -0.4 is 10.6 Å². The van der Waals surface area contributed by atoms with Crippen molar-refractivity contribution in [2.75, 3.05) is 53.0 Å². The Morgan fingerprint density at radius 1 is 1.28 bits per heavy atom. The van der Waals surface area contributed by atoms with Crippen LogP contribution in [0.15, 0.2) is 4.99 Å². The summed E-state index contributed by atoms with van der Waals surface area (Å²) in [7, 11) is 2.18. The summed E-state index contributed by atoms with van der Waals surface area (Å²) >= 11 is 0. The van der Waals surface area contributed by atoms with Crippen LogP contribution in [0.25, 0.3) is 0 Å². The molecule has 0 bridgehead atoms. The number of unbranched alkanes of at least 4 members (excludes halogenated alkanes) is 1. The van der Waals surface area contributed by atoms with Crippen molar-refractivity contribution in [1.29, 1.82) is 0 Å². The van der Waals surface area contributed by atoms with Crippen molar-refractivity contribution in [3.05, 3.63) is 0 Å². The Hall–Kier alpha value is -0.120. The standard InChI is InChI=1S/C18H38N4O2.HI/c1-5-19-18(20-10-6-7-12-22(4)16(2)3)21-11-8-13-24-17-9-14-23-15-17;/h16-17H,5-15H2,1-4H3,(H2,19,20,21);1H. The van der Waals surface area contributed by atoms with Crippen LogP contribution in [-0.4, -0.2) is 76.1 Å². The molecule has 6 nitrogen and oxygen atoms in total. The molecule has 1 fully saturated rings. The molecule has 1 aliphatic rings. The minimum absolute atomic E-state index is 0. The normalized spacial score (nSPS) is 17.8. The van der Waals surface area contributed by atoms with E-state index in [-0.39, 0.29) is 24.0 Å². The maximum absolute atomic E-state index is 5.76. The average Bonchev–Trinajstić information content (AvgIpc) is 3.07. The number of nitrogens with zero attached hydrogens (tertiary/aromatic N) is 2. The zero-order chi connectivity index (χ0) is 17.6. The quantitative estimate of drug-likeness (QED) is 0.199. The number of guanidine groups is 1. The van der Waals surface area contributed by atoms with Crippen molar-refractivity contribution >= 4 is 29.9 Å². The number of ether oxygens (including phenoxy) is 2. The lowest BCUT2D eigenvalue weighted by Crippen LogP contribution is -2.38. The Labute approximate surface area is 171 Å². The second-order valence-electron chi connectivity index (χ2n) is 6.68. The van der Waals surface area contributed by atoms with Crippen LogP contribution in [0.2, 0.25) is 0 Å². The maximum Gasteiger partial charge on any atom is 0.191 e. The highest BCUT2D eigenvalue weighted by atomic mass is 127. The molecule has 25 heavy (non-hydrogen) atoms. The molecule has 1 atom stereocenters. The second-order valence-corrected chi connectivity index (χ2v) is 6.68. The number of hydrogen-bond acceptors (Lipinski definition) is 4. The summed E-state index contributed by atoms with van der Waals surface area (Å²) in [5, 5.41) is 6.72. The molecule has 1 unspecified atom stereocenters. The van der Waals surface area contributed by atoms with Gasteiger partial charge in [0, 0.05) is 38.9 Å². The molecule has 0 amide bonds. The third-order valence-corrected chi connectivity index (χ3v) is 4.27. The van der Waals surface area contributed by atoms with Gasteiger partial charge >= 0.3 is 0 Å². The predicted octanol–water partition coefficient (Wildman–Crippen LogP) is 2.48. The average molecular weight is 470 g/mol. The first-order chi connectivity index (χ1) is 11.6. The molecule has 1 saturated heterocycles. The molecular formula is C18H39IN4O2. The number of aliphatic imine (C=N–C) groups is 1. The van der Waals surface area contributed by atoms with Crippen LogP contribution >= 0.6 is 24.0 Å². The van der Waals surface area contributed by atoms with Gasteiger partial charge in [0.2, 0.25) is 0 Å². The van der Waals surface area contributed by atoms with Crippen molar-refractivity contribution in [2.24, 2.45) is 4.99 Å². The highest BCUT2D eigenvalue weighted by molar-refractivity contribution is 14.0. The molecular weight excluding hydrogens is 431 g/mol. The van der Waals surface area contributed by atoms with Gasteiger partial charge in [-0.25, -0.2) is 0 Å². The van der Waals surface area contributed by atoms with Crippen LogP contribution in [0.3, 0.4) is 0 Å². The van der Waals surface area contributed by atoms with Gasteiger partial charge in [-0.3, -0.25) is 4.99 Å². The number of nitrogens with one attached hydrogen (secondary N) is 2. The molecule has 1 heterocycles. The van der Waals surface area contributed by atoms with E-state index < -0.39 is 0 Å². The Balaban J connectivity index is 0.00000576. The molecule has 0 aromatic carbocycles. The van der Waals surface area contributed by atoms with Gasteiger partial charge in [-0.05, 0) is 60.0 Å². The Morgan fingerprint density at radius 3 is 2.72 bits per heavy atom. The summed E-state index contributed by atoms with van der Waals surface area (Å²) < 4.78 is 11.1. The molecule has 0 aromatic heterocycles. The summed E-state index contributed by atoms with van der Waals surface area (Å²) in [6.07, 6.45) is 4.64. The number of halogens is 1. The molecule has 1 aliphatic heterocycles. The van der Waals surface area contributed by atoms with Crippen molar-refractivity contribution < 1.29 is 9.47 Å². The fourth-order valence-corrected chi connectivity index (χ4v) is 2.44. The molecule has 1 rings (SSSR count). The number of rotatable bonds is 12. The topological polar surface area (TPSA) is 58.1 Å². The van der Waals surface area contributed by atoms with E-state index in [9.17, 15) is 0 Å². The van der Waals surface area contributed by atoms with Crippen LogP contribution in [-0.2, 0) is 9.47 Å². The third kappa shape index (κ3) is 12.8. The van der Waals surface area contributed by atoms with Gasteiger partial charge in [-0.15, -0.1) is 24.0 Å².